The van der Waals surface area contributed by atoms with Crippen molar-refractivity contribution in [2.75, 3.05) is 0 Å². The number of fused-ring (bicyclic) bond motifs is 8. The normalized spacial score (nSPS) is 11.8. The summed E-state index contributed by atoms with van der Waals surface area (Å²) in [6.45, 7) is 0. The van der Waals surface area contributed by atoms with Gasteiger partial charge in [0.05, 0.1) is 39.0 Å². The second-order valence-corrected chi connectivity index (χ2v) is 10.6. The van der Waals surface area contributed by atoms with E-state index in [4.69, 9.17) is 14.4 Å². The number of hydrogen-bond donors (Lipinski definition) is 0. The lowest BCUT2D eigenvalue weighted by Crippen LogP contribution is -1.91. The molecule has 4 heteroatoms. The van der Waals surface area contributed by atoms with Gasteiger partial charge in [-0.2, -0.15) is 0 Å². The van der Waals surface area contributed by atoms with Crippen LogP contribution >= 0.6 is 0 Å². The van der Waals surface area contributed by atoms with Crippen molar-refractivity contribution in [2.45, 2.75) is 0 Å². The van der Waals surface area contributed by atoms with E-state index in [-0.39, 0.29) is 0 Å². The molecule has 4 nitrogen and oxygen atoms in total. The molecule has 0 unspecified atom stereocenters. The van der Waals surface area contributed by atoms with Crippen molar-refractivity contribution in [1.29, 1.82) is 0 Å². The molecule has 0 aliphatic rings. The molecule has 196 valence electrons. The van der Waals surface area contributed by atoms with Crippen LogP contribution in [0.15, 0.2) is 144 Å². The fourth-order valence-electron chi connectivity index (χ4n) is 6.17. The first-order chi connectivity index (χ1) is 20.8. The van der Waals surface area contributed by atoms with Crippen molar-refractivity contribution >= 4 is 49.5 Å². The molecule has 0 saturated carbocycles. The molecule has 0 fully saturated rings. The van der Waals surface area contributed by atoms with E-state index in [1.165, 1.54) is 5.39 Å². The fraction of sp³-hybridized carbons (Fsp3) is 0. The molecule has 4 heterocycles. The van der Waals surface area contributed by atoms with Crippen LogP contribution in [0, 0.1) is 0 Å². The van der Waals surface area contributed by atoms with E-state index < -0.39 is 0 Å². The van der Waals surface area contributed by atoms with Crippen molar-refractivity contribution in [2.24, 2.45) is 0 Å². The quantitative estimate of drug-likeness (QED) is 0.211. The molecule has 0 spiro atoms. The molecular weight excluding hydrogens is 514 g/mol. The largest absolute Gasteiger partial charge is 0.438 e. The Kier molecular flexibility index (Phi) is 4.87. The molecule has 0 aliphatic carbocycles. The summed E-state index contributed by atoms with van der Waals surface area (Å²) in [6.07, 6.45) is 0. The zero-order chi connectivity index (χ0) is 27.6. The van der Waals surface area contributed by atoms with Gasteiger partial charge >= 0.3 is 0 Å². The molecule has 0 bridgehead atoms. The van der Waals surface area contributed by atoms with Gasteiger partial charge in [0.1, 0.15) is 0 Å². The van der Waals surface area contributed by atoms with Gasteiger partial charge in [-0.25, -0.2) is 9.97 Å². The summed E-state index contributed by atoms with van der Waals surface area (Å²) in [5, 5.41) is 3.33. The summed E-state index contributed by atoms with van der Waals surface area (Å²) < 4.78 is 8.64. The Morgan fingerprint density at radius 3 is 1.71 bits per heavy atom. The Hall–Kier alpha value is -5.74. The average Bonchev–Trinajstić information content (AvgIpc) is 3.59. The van der Waals surface area contributed by atoms with E-state index in [1.54, 1.807) is 0 Å². The summed E-state index contributed by atoms with van der Waals surface area (Å²) in [6, 6.07) is 48.3. The van der Waals surface area contributed by atoms with Crippen LogP contribution in [0.4, 0.5) is 0 Å². The number of hydrogen-bond acceptors (Lipinski definition) is 3. The Bertz CT molecular complexity index is 2450. The number of rotatable bonds is 3. The van der Waals surface area contributed by atoms with Gasteiger partial charge in [0, 0.05) is 27.3 Å². The first kappa shape index (κ1) is 23.0. The van der Waals surface area contributed by atoms with E-state index in [1.807, 2.05) is 30.3 Å². The number of aromatic nitrogens is 3. The van der Waals surface area contributed by atoms with Gasteiger partial charge in [-0.15, -0.1) is 0 Å². The molecule has 42 heavy (non-hydrogen) atoms. The molecule has 0 aliphatic heterocycles. The van der Waals surface area contributed by atoms with Crippen molar-refractivity contribution in [3.8, 4) is 33.6 Å². The number of nitrogens with zero attached hydrogens (tertiary/aromatic N) is 3. The maximum Gasteiger partial charge on any atom is 0.213 e. The number of benzene rings is 5. The summed E-state index contributed by atoms with van der Waals surface area (Å²) in [7, 11) is 0. The first-order valence-corrected chi connectivity index (χ1v) is 14.1. The summed E-state index contributed by atoms with van der Waals surface area (Å²) in [5.41, 5.74) is 12.0. The maximum atomic E-state index is 6.41. The molecule has 0 N–H and O–H groups in total. The Morgan fingerprint density at radius 2 is 1.00 bits per heavy atom. The van der Waals surface area contributed by atoms with Crippen molar-refractivity contribution in [3.05, 3.63) is 140 Å². The lowest BCUT2D eigenvalue weighted by Gasteiger charge is -2.09. The Balaban J connectivity index is 1.18. The van der Waals surface area contributed by atoms with Gasteiger partial charge in [-0.3, -0.25) is 4.40 Å². The predicted molar refractivity (Wildman–Crippen MR) is 172 cm³/mol. The molecule has 9 rings (SSSR count). The zero-order valence-corrected chi connectivity index (χ0v) is 22.5. The zero-order valence-electron chi connectivity index (χ0n) is 22.5. The van der Waals surface area contributed by atoms with Crippen LogP contribution in [-0.2, 0) is 0 Å². The van der Waals surface area contributed by atoms with Crippen molar-refractivity contribution in [1.82, 2.24) is 14.4 Å². The lowest BCUT2D eigenvalue weighted by atomic mass is 10.0. The minimum atomic E-state index is 0.862. The minimum absolute atomic E-state index is 0.862. The number of pyridine rings is 2. The third-order valence-electron chi connectivity index (χ3n) is 8.20. The monoisotopic (exact) mass is 537 g/mol. The fourth-order valence-corrected chi connectivity index (χ4v) is 6.17. The lowest BCUT2D eigenvalue weighted by molar-refractivity contribution is 0.658. The summed E-state index contributed by atoms with van der Waals surface area (Å²) >= 11 is 0. The van der Waals surface area contributed by atoms with Gasteiger partial charge in [0.2, 0.25) is 5.71 Å². The van der Waals surface area contributed by atoms with Crippen LogP contribution in [0.25, 0.3) is 83.2 Å². The SMILES string of the molecule is c1ccc(-c2ccc3ccc4ccc(-c5ccc(-c6c7ccccc7n7c6oc6ccccc67)cc5)nc4c3n2)cc1. The van der Waals surface area contributed by atoms with E-state index in [2.05, 4.69) is 114 Å². The highest BCUT2D eigenvalue weighted by Gasteiger charge is 2.19. The molecule has 0 amide bonds. The molecule has 5 aromatic carbocycles. The second kappa shape index (κ2) is 8.88. The molecule has 0 radical (unpaired) electrons. The molecule has 4 aromatic heterocycles. The molecule has 0 atom stereocenters. The highest BCUT2D eigenvalue weighted by molar-refractivity contribution is 6.07. The third-order valence-corrected chi connectivity index (χ3v) is 8.20. The Labute approximate surface area is 241 Å². The van der Waals surface area contributed by atoms with E-state index in [0.717, 1.165) is 77.8 Å². The van der Waals surface area contributed by atoms with Gasteiger partial charge in [-0.1, -0.05) is 109 Å². The van der Waals surface area contributed by atoms with E-state index in [9.17, 15) is 0 Å². The van der Waals surface area contributed by atoms with Crippen LogP contribution in [0.5, 0.6) is 0 Å². The number of para-hydroxylation sites is 3. The third kappa shape index (κ3) is 3.42. The first-order valence-electron chi connectivity index (χ1n) is 14.1. The highest BCUT2D eigenvalue weighted by Crippen LogP contribution is 2.39. The summed E-state index contributed by atoms with van der Waals surface area (Å²) in [4.78, 5) is 10.2. The topological polar surface area (TPSA) is 43.3 Å². The van der Waals surface area contributed by atoms with Gasteiger partial charge < -0.3 is 4.42 Å². The van der Waals surface area contributed by atoms with Crippen LogP contribution in [0.3, 0.4) is 0 Å². The van der Waals surface area contributed by atoms with Crippen LogP contribution in [0.1, 0.15) is 0 Å². The van der Waals surface area contributed by atoms with Crippen LogP contribution < -0.4 is 0 Å². The minimum Gasteiger partial charge on any atom is -0.438 e. The van der Waals surface area contributed by atoms with Crippen LogP contribution in [0.2, 0.25) is 0 Å². The number of oxazole rings is 1. The molecular formula is C38H23N3O. The maximum absolute atomic E-state index is 6.41. The summed E-state index contributed by atoms with van der Waals surface area (Å²) in [5.74, 6) is 0. The molecule has 9 aromatic rings. The highest BCUT2D eigenvalue weighted by atomic mass is 16.3. The molecule has 0 saturated heterocycles. The predicted octanol–water partition coefficient (Wildman–Crippen LogP) is 9.94. The van der Waals surface area contributed by atoms with Crippen LogP contribution in [-0.4, -0.2) is 14.4 Å². The van der Waals surface area contributed by atoms with E-state index >= 15 is 0 Å². The van der Waals surface area contributed by atoms with Gasteiger partial charge in [-0.05, 0) is 35.9 Å². The van der Waals surface area contributed by atoms with E-state index in [0.29, 0.717) is 0 Å². The smallest absolute Gasteiger partial charge is 0.213 e. The van der Waals surface area contributed by atoms with Crippen molar-refractivity contribution < 1.29 is 4.42 Å². The van der Waals surface area contributed by atoms with Gasteiger partial charge in [0.15, 0.2) is 5.58 Å². The Morgan fingerprint density at radius 1 is 0.452 bits per heavy atom. The standard InChI is InChI=1S/C38H23N3O/c1-2-8-24(9-3-1)30-22-20-27-18-19-28-21-23-31(40-37(28)36(27)39-30)25-14-16-26(17-15-25)35-29-10-4-5-11-32(29)41-33-12-6-7-13-34(33)42-38(35)41/h1-23H. The second-order valence-electron chi connectivity index (χ2n) is 10.6. The van der Waals surface area contributed by atoms with Crippen molar-refractivity contribution in [3.63, 3.8) is 0 Å². The van der Waals surface area contributed by atoms with Gasteiger partial charge in [0.25, 0.3) is 0 Å². The average molecular weight is 538 g/mol.